The Morgan fingerprint density at radius 1 is 0.735 bits per heavy atom. The number of nitrogens with zero attached hydrogens (tertiary/aromatic N) is 1. The summed E-state index contributed by atoms with van der Waals surface area (Å²) in [5.74, 6) is -5.05. The van der Waals surface area contributed by atoms with Crippen molar-refractivity contribution >= 4 is 59.1 Å². The summed E-state index contributed by atoms with van der Waals surface area (Å²) in [4.78, 5) is 120. The highest BCUT2D eigenvalue weighted by atomic mass is 16.8. The van der Waals surface area contributed by atoms with Crippen LogP contribution in [0.4, 0.5) is 15.3 Å². The van der Waals surface area contributed by atoms with E-state index in [0.717, 1.165) is 43.3 Å². The van der Waals surface area contributed by atoms with Gasteiger partial charge in [-0.2, -0.15) is 0 Å². The molecule has 2 unspecified atom stereocenters. The Hall–Kier alpha value is -6.47. The topological polar surface area (TPSA) is 365 Å². The van der Waals surface area contributed by atoms with Gasteiger partial charge in [-0.15, -0.1) is 5.06 Å². The van der Waals surface area contributed by atoms with E-state index in [1.807, 2.05) is 0 Å². The van der Waals surface area contributed by atoms with Crippen molar-refractivity contribution in [1.29, 1.82) is 0 Å². The number of amides is 8. The number of anilines is 1. The van der Waals surface area contributed by atoms with E-state index < -0.39 is 120 Å². The monoisotopic (exact) mass is 1370 g/mol. The van der Waals surface area contributed by atoms with Gasteiger partial charge in [-0.3, -0.25) is 28.8 Å². The number of alkyl carbamates (subject to hydrolysis) is 1. The number of aliphatic hydroxyl groups excluding tert-OH is 1. The molecule has 12 rings (SSSR count). The van der Waals surface area contributed by atoms with Gasteiger partial charge in [0.1, 0.15) is 55.0 Å². The summed E-state index contributed by atoms with van der Waals surface area (Å²) in [5.41, 5.74) is 8.20. The Kier molecular flexibility index (Phi) is 24.1. The van der Waals surface area contributed by atoms with Gasteiger partial charge < -0.3 is 89.6 Å². The van der Waals surface area contributed by atoms with Crippen LogP contribution < -0.4 is 32.3 Å². The fraction of sp³-hybridized carbons (Fsp3) is 0.729. The van der Waals surface area contributed by atoms with Crippen LogP contribution in [-0.2, 0) is 92.4 Å². The average molecular weight is 1370 g/mol. The highest BCUT2D eigenvalue weighted by Crippen LogP contribution is 2.55. The van der Waals surface area contributed by atoms with E-state index in [9.17, 15) is 48.3 Å². The number of rotatable bonds is 24. The third-order valence-corrected chi connectivity index (χ3v) is 21.1. The first-order valence-corrected chi connectivity index (χ1v) is 35.4. The molecule has 12 bridgehead atoms. The first-order valence-electron chi connectivity index (χ1n) is 35.4. The molecule has 28 heteroatoms. The first kappa shape index (κ1) is 72.8. The van der Waals surface area contributed by atoms with Crippen molar-refractivity contribution in [2.45, 2.75) is 284 Å². The van der Waals surface area contributed by atoms with Gasteiger partial charge in [-0.05, 0) is 111 Å². The second-order valence-corrected chi connectivity index (χ2v) is 28.7. The number of fused-ring (bicyclic) bond motifs is 6. The number of aliphatic hydroxyl groups is 1. The third-order valence-electron chi connectivity index (χ3n) is 21.1. The molecule has 1 spiro atoms. The number of carbonyl (C=O) groups is 9. The van der Waals surface area contributed by atoms with Crippen molar-refractivity contribution in [3.63, 3.8) is 0 Å². The summed E-state index contributed by atoms with van der Waals surface area (Å²) in [6, 6.07) is 3.55. The lowest BCUT2D eigenvalue weighted by Gasteiger charge is -2.47. The standard InChI is InChI=1S/C70H99N7O21/c1-36(2)59(76-55(80)12-8-7-9-13-58(83)98-77-56(81)22-23-57(77)82)67(85)75-48(11-10-26-72-68(71)86)66(84)74-41-16-14-40(15-17-41)35-89-69(87)73-34-43(79)31-53-60(88-6)47-30-42(78)29-45-19-21-50-61(92-45)65-64-63(94-50)62-54(95-64)33-70(96-62,97-65)25-24-46-28-38(4)49(90-46)20-18-44-27-37(3)39(5)51(91-44)32-52(47)93-53/h14-17,36-37,43-54,59-65,79H,4-5,7-13,18-35H2,1-3,6H3,(H,73,87)(H,74,84)(H,75,85)(H,76,80)(H3,71,72,86)/t37-,43+,44+,45-,46+,47+,48+,49+,50+,51-,52?,53-,54-,59+,60-,61+,62-,63?,64-,65+,70+/m1/s1. The number of hydroxylamine groups is 2. The number of imide groups is 1. The van der Waals surface area contributed by atoms with Crippen molar-refractivity contribution < 1.29 is 100 Å². The highest BCUT2D eigenvalue weighted by molar-refractivity contribution is 6.01. The van der Waals surface area contributed by atoms with E-state index in [2.05, 4.69) is 46.7 Å². The van der Waals surface area contributed by atoms with Gasteiger partial charge in [0.15, 0.2) is 5.79 Å². The molecule has 28 nitrogen and oxygen atoms in total. The molecular formula is C70H99N7O21. The molecule has 8 N–H and O–H groups in total. The number of benzene rings is 1. The van der Waals surface area contributed by atoms with Crippen molar-refractivity contribution in [3.8, 4) is 0 Å². The van der Waals surface area contributed by atoms with Gasteiger partial charge >= 0.3 is 18.1 Å². The van der Waals surface area contributed by atoms with Gasteiger partial charge in [0.2, 0.25) is 17.7 Å². The van der Waals surface area contributed by atoms with Crippen LogP contribution in [-0.4, -0.2) is 199 Å². The number of hydrogen-bond donors (Lipinski definition) is 7. The molecule has 0 saturated carbocycles. The van der Waals surface area contributed by atoms with E-state index in [1.54, 1.807) is 45.2 Å². The SMILES string of the molecule is C=C1C[C@@H]2CC[C@@]34C[C@H]5O[C@@H]6C(O[C@H]7CC[C@H](CC(=O)C[C@H]8C(C[C@H]9O[C@@H](CC[C@@H]1O2)C[C@@H](C)C9=C)O[C@H](C[C@H](O)CNC(=O)OCc1ccc(NC(=O)[C@H](CCCNC(N)=O)NC(=O)[C@@H](NC(=O)CCCCCC(=O)ON2C(=O)CCC2=O)C(C)C)cc1)[C@@H]8OC)O[C@@H]7[C@@H]6O3)[C@@H]5O4. The molecular weight excluding hydrogens is 1270 g/mol. The number of primary amides is 1. The Labute approximate surface area is 571 Å². The summed E-state index contributed by atoms with van der Waals surface area (Å²) >= 11 is 0. The lowest BCUT2D eigenvalue weighted by Crippen LogP contribution is -2.61. The molecule has 8 amide bonds. The zero-order valence-electron chi connectivity index (χ0n) is 56.7. The van der Waals surface area contributed by atoms with Crippen LogP contribution in [0.15, 0.2) is 48.6 Å². The van der Waals surface area contributed by atoms with Gasteiger partial charge in [-0.1, -0.05) is 52.5 Å². The number of nitrogens with one attached hydrogen (secondary N) is 5. The average Bonchev–Trinajstić information content (AvgIpc) is 1.55. The van der Waals surface area contributed by atoms with Gasteiger partial charge in [0.05, 0.1) is 67.1 Å². The molecule has 540 valence electrons. The second-order valence-electron chi connectivity index (χ2n) is 28.7. The molecule has 11 fully saturated rings. The lowest BCUT2D eigenvalue weighted by atomic mass is 9.81. The van der Waals surface area contributed by atoms with Gasteiger partial charge in [0.25, 0.3) is 11.8 Å². The van der Waals surface area contributed by atoms with Crippen LogP contribution >= 0.6 is 0 Å². The van der Waals surface area contributed by atoms with E-state index in [0.29, 0.717) is 67.7 Å². The fourth-order valence-electron chi connectivity index (χ4n) is 15.9. The van der Waals surface area contributed by atoms with Crippen molar-refractivity contribution in [2.75, 3.05) is 25.5 Å². The number of unbranched alkanes of at least 4 members (excludes halogenated alkanes) is 2. The molecule has 11 saturated heterocycles. The molecule has 98 heavy (non-hydrogen) atoms. The predicted molar refractivity (Wildman–Crippen MR) is 346 cm³/mol. The van der Waals surface area contributed by atoms with Crippen LogP contribution in [0.3, 0.4) is 0 Å². The van der Waals surface area contributed by atoms with Crippen LogP contribution in [0.2, 0.25) is 0 Å². The minimum atomic E-state index is -1.11. The molecule has 0 aliphatic carbocycles. The highest BCUT2D eigenvalue weighted by Gasteiger charge is 2.69. The summed E-state index contributed by atoms with van der Waals surface area (Å²) < 4.78 is 66.3. The number of hydrogen-bond acceptors (Lipinski definition) is 21. The number of nitrogens with two attached hydrogens (primary N) is 1. The number of carbonyl (C=O) groups excluding carboxylic acids is 9. The Bertz CT molecular complexity index is 3080. The first-order chi connectivity index (χ1) is 47.0. The smallest absolute Gasteiger partial charge is 0.407 e. The van der Waals surface area contributed by atoms with Gasteiger partial charge in [0, 0.05) is 96.0 Å². The zero-order valence-corrected chi connectivity index (χ0v) is 56.7. The Balaban J connectivity index is 0.664. The number of ether oxygens (including phenoxy) is 10. The fourth-order valence-corrected chi connectivity index (χ4v) is 15.9. The molecule has 0 radical (unpaired) electrons. The van der Waals surface area contributed by atoms with E-state index in [1.165, 1.54) is 0 Å². The second kappa shape index (κ2) is 32.5. The van der Waals surface area contributed by atoms with Crippen LogP contribution in [0.1, 0.15) is 168 Å². The predicted octanol–water partition coefficient (Wildman–Crippen LogP) is 4.98. The summed E-state index contributed by atoms with van der Waals surface area (Å²) in [6.45, 7) is 14.4. The van der Waals surface area contributed by atoms with Crippen molar-refractivity contribution in [1.82, 2.24) is 26.3 Å². The molecule has 11 heterocycles. The number of urea groups is 1. The molecule has 1 aromatic rings. The molecule has 11 aliphatic rings. The molecule has 0 aromatic heterocycles. The van der Waals surface area contributed by atoms with Crippen LogP contribution in [0, 0.1) is 17.8 Å². The lowest BCUT2D eigenvalue weighted by molar-refractivity contribution is -0.292. The normalized spacial score (nSPS) is 34.4. The zero-order chi connectivity index (χ0) is 69.5. The van der Waals surface area contributed by atoms with Crippen LogP contribution in [0.25, 0.3) is 0 Å². The van der Waals surface area contributed by atoms with Crippen molar-refractivity contribution in [2.24, 2.45) is 23.5 Å². The maximum atomic E-state index is 14.5. The Morgan fingerprint density at radius 2 is 1.45 bits per heavy atom. The number of ketones is 1. The quantitative estimate of drug-likeness (QED) is 0.0408. The largest absolute Gasteiger partial charge is 0.445 e. The number of methoxy groups -OCH3 is 1. The minimum Gasteiger partial charge on any atom is -0.445 e. The van der Waals surface area contributed by atoms with E-state index in [4.69, 9.17) is 57.9 Å². The maximum absolute atomic E-state index is 14.5. The molecule has 21 atom stereocenters. The van der Waals surface area contributed by atoms with E-state index >= 15 is 0 Å². The molecule has 11 aliphatic heterocycles. The summed E-state index contributed by atoms with van der Waals surface area (Å²) in [6.07, 6.45) is 1.75. The minimum absolute atomic E-state index is 0.0101. The van der Waals surface area contributed by atoms with E-state index in [-0.39, 0.29) is 144 Å². The molecule has 1 aromatic carbocycles. The third kappa shape index (κ3) is 17.8. The van der Waals surface area contributed by atoms with Gasteiger partial charge in [-0.25, -0.2) is 14.4 Å². The summed E-state index contributed by atoms with van der Waals surface area (Å²) in [5, 5.41) is 25.4. The summed E-state index contributed by atoms with van der Waals surface area (Å²) in [7, 11) is 1.58. The number of Topliss-reactive ketones (excluding diaryl/α,β-unsaturated/α-hetero) is 1. The maximum Gasteiger partial charge on any atom is 0.407 e. The Morgan fingerprint density at radius 3 is 2.20 bits per heavy atom. The van der Waals surface area contributed by atoms with Crippen molar-refractivity contribution in [3.05, 3.63) is 54.1 Å². The van der Waals surface area contributed by atoms with Crippen LogP contribution in [0.5, 0.6) is 0 Å².